The topological polar surface area (TPSA) is 40.5 Å². The SMILES string of the molecule is CC1(C)C(O)CCN1C(=O)C1CC2(CSC2)C1. The van der Waals surface area contributed by atoms with Crippen LogP contribution in [0.4, 0.5) is 0 Å². The van der Waals surface area contributed by atoms with Crippen LogP contribution >= 0.6 is 11.8 Å². The van der Waals surface area contributed by atoms with E-state index in [-0.39, 0.29) is 23.5 Å². The molecule has 4 heteroatoms. The third-order valence-electron chi connectivity index (χ3n) is 4.93. The number of rotatable bonds is 1. The Kier molecular flexibility index (Phi) is 2.54. The molecule has 0 aromatic carbocycles. The van der Waals surface area contributed by atoms with Crippen molar-refractivity contribution in [2.24, 2.45) is 11.3 Å². The number of thioether (sulfide) groups is 1. The van der Waals surface area contributed by atoms with E-state index in [0.717, 1.165) is 25.8 Å². The van der Waals surface area contributed by atoms with Crippen molar-refractivity contribution in [1.29, 1.82) is 0 Å². The lowest BCUT2D eigenvalue weighted by molar-refractivity contribution is -0.147. The summed E-state index contributed by atoms with van der Waals surface area (Å²) in [5.41, 5.74) is 0.154. The van der Waals surface area contributed by atoms with Crippen LogP contribution in [0.15, 0.2) is 0 Å². The van der Waals surface area contributed by atoms with Crippen molar-refractivity contribution in [3.8, 4) is 0 Å². The molecule has 0 aromatic rings. The molecule has 17 heavy (non-hydrogen) atoms. The van der Waals surface area contributed by atoms with Gasteiger partial charge in [-0.2, -0.15) is 11.8 Å². The molecule has 1 aliphatic carbocycles. The van der Waals surface area contributed by atoms with Crippen molar-refractivity contribution >= 4 is 17.7 Å². The summed E-state index contributed by atoms with van der Waals surface area (Å²) in [4.78, 5) is 14.3. The van der Waals surface area contributed by atoms with Crippen molar-refractivity contribution < 1.29 is 9.90 Å². The summed E-state index contributed by atoms with van der Waals surface area (Å²) in [6.07, 6.45) is 2.54. The average Bonchev–Trinajstić information content (AvgIpc) is 2.37. The van der Waals surface area contributed by atoms with Crippen LogP contribution in [0.1, 0.15) is 33.1 Å². The molecule has 1 N–H and O–H groups in total. The molecule has 3 fully saturated rings. The van der Waals surface area contributed by atoms with E-state index in [1.54, 1.807) is 0 Å². The quantitative estimate of drug-likeness (QED) is 0.772. The number of nitrogens with zero attached hydrogens (tertiary/aromatic N) is 1. The second kappa shape index (κ2) is 3.64. The van der Waals surface area contributed by atoms with E-state index in [4.69, 9.17) is 0 Å². The van der Waals surface area contributed by atoms with Crippen molar-refractivity contribution in [3.05, 3.63) is 0 Å². The molecule has 96 valence electrons. The summed E-state index contributed by atoms with van der Waals surface area (Å²) in [7, 11) is 0. The largest absolute Gasteiger partial charge is 0.391 e. The number of hydrogen-bond donors (Lipinski definition) is 1. The highest BCUT2D eigenvalue weighted by molar-refractivity contribution is 8.00. The third kappa shape index (κ3) is 1.64. The van der Waals surface area contributed by atoms with Gasteiger partial charge in [0.05, 0.1) is 11.6 Å². The minimum Gasteiger partial charge on any atom is -0.391 e. The van der Waals surface area contributed by atoms with Crippen LogP contribution in [-0.2, 0) is 4.79 Å². The molecule has 2 saturated heterocycles. The molecule has 1 atom stereocenters. The molecule has 1 amide bonds. The number of aliphatic hydroxyl groups is 1. The highest BCUT2D eigenvalue weighted by atomic mass is 32.2. The Bertz CT molecular complexity index is 343. The Morgan fingerprint density at radius 1 is 1.35 bits per heavy atom. The lowest BCUT2D eigenvalue weighted by Gasteiger charge is -2.54. The summed E-state index contributed by atoms with van der Waals surface area (Å²) in [5.74, 6) is 3.03. The van der Waals surface area contributed by atoms with Crippen molar-refractivity contribution in [1.82, 2.24) is 4.90 Å². The van der Waals surface area contributed by atoms with Gasteiger partial charge in [-0.15, -0.1) is 0 Å². The summed E-state index contributed by atoms with van der Waals surface area (Å²) in [6, 6.07) is 0. The van der Waals surface area contributed by atoms with Crippen LogP contribution in [0.2, 0.25) is 0 Å². The number of amides is 1. The smallest absolute Gasteiger partial charge is 0.226 e. The maximum Gasteiger partial charge on any atom is 0.226 e. The van der Waals surface area contributed by atoms with Gasteiger partial charge >= 0.3 is 0 Å². The van der Waals surface area contributed by atoms with Gasteiger partial charge in [0.15, 0.2) is 0 Å². The third-order valence-corrected chi connectivity index (χ3v) is 6.56. The summed E-state index contributed by atoms with van der Waals surface area (Å²) >= 11 is 2.00. The van der Waals surface area contributed by atoms with E-state index < -0.39 is 0 Å². The first-order chi connectivity index (χ1) is 7.95. The molecule has 1 unspecified atom stereocenters. The minimum atomic E-state index is -0.367. The Balaban J connectivity index is 1.64. The highest BCUT2D eigenvalue weighted by Gasteiger charge is 2.54. The summed E-state index contributed by atoms with van der Waals surface area (Å²) in [6.45, 7) is 4.69. The zero-order valence-electron chi connectivity index (χ0n) is 10.6. The number of carbonyl (C=O) groups is 1. The van der Waals surface area contributed by atoms with Gasteiger partial charge in [-0.3, -0.25) is 4.79 Å². The molecule has 3 aliphatic rings. The number of carbonyl (C=O) groups excluding carboxylic acids is 1. The predicted molar refractivity (Wildman–Crippen MR) is 68.9 cm³/mol. The van der Waals surface area contributed by atoms with E-state index in [2.05, 4.69) is 0 Å². The van der Waals surface area contributed by atoms with Crippen molar-refractivity contribution in [2.75, 3.05) is 18.1 Å². The molecule has 3 nitrogen and oxygen atoms in total. The van der Waals surface area contributed by atoms with E-state index in [1.165, 1.54) is 11.5 Å². The molecule has 2 heterocycles. The van der Waals surface area contributed by atoms with Gasteiger partial charge < -0.3 is 10.0 Å². The first-order valence-electron chi connectivity index (χ1n) is 6.52. The number of likely N-dealkylation sites (tertiary alicyclic amines) is 1. The minimum absolute atomic E-state index is 0.237. The Labute approximate surface area is 107 Å². The van der Waals surface area contributed by atoms with Gasteiger partial charge in [-0.1, -0.05) is 0 Å². The molecule has 0 bridgehead atoms. The Hall–Kier alpha value is -0.220. The van der Waals surface area contributed by atoms with Gasteiger partial charge in [-0.05, 0) is 50.0 Å². The second-order valence-electron chi connectivity index (χ2n) is 6.55. The fourth-order valence-corrected chi connectivity index (χ4v) is 4.73. The zero-order valence-corrected chi connectivity index (χ0v) is 11.4. The standard InChI is InChI=1S/C13H21NO2S/c1-12(2)10(15)3-4-14(12)11(16)9-5-13(6-9)7-17-8-13/h9-10,15H,3-8H2,1-2H3. The number of aliphatic hydroxyl groups excluding tert-OH is 1. The highest BCUT2D eigenvalue weighted by Crippen LogP contribution is 2.56. The van der Waals surface area contributed by atoms with Crippen molar-refractivity contribution in [3.63, 3.8) is 0 Å². The van der Waals surface area contributed by atoms with Crippen LogP contribution in [0.5, 0.6) is 0 Å². The predicted octanol–water partition coefficient (Wildman–Crippen LogP) is 1.50. The van der Waals surface area contributed by atoms with E-state index in [1.807, 2.05) is 30.5 Å². The molecule has 1 spiro atoms. The maximum atomic E-state index is 12.4. The number of hydrogen-bond acceptors (Lipinski definition) is 3. The molecule has 0 aromatic heterocycles. The summed E-state index contributed by atoms with van der Waals surface area (Å²) < 4.78 is 0. The fourth-order valence-electron chi connectivity index (χ4n) is 3.47. The van der Waals surface area contributed by atoms with Gasteiger partial charge in [0.25, 0.3) is 0 Å². The summed E-state index contributed by atoms with van der Waals surface area (Å²) in [5, 5.41) is 9.91. The average molecular weight is 255 g/mol. The molecule has 3 rings (SSSR count). The monoisotopic (exact) mass is 255 g/mol. The molecular weight excluding hydrogens is 234 g/mol. The Morgan fingerprint density at radius 3 is 2.41 bits per heavy atom. The van der Waals surface area contributed by atoms with E-state index >= 15 is 0 Å². The lowest BCUT2D eigenvalue weighted by atomic mass is 9.63. The van der Waals surface area contributed by atoms with Crippen LogP contribution in [0.25, 0.3) is 0 Å². The molecule has 1 saturated carbocycles. The van der Waals surface area contributed by atoms with E-state index in [9.17, 15) is 9.90 Å². The van der Waals surface area contributed by atoms with Gasteiger partial charge in [0.2, 0.25) is 5.91 Å². The van der Waals surface area contributed by atoms with Gasteiger partial charge in [0, 0.05) is 12.5 Å². The van der Waals surface area contributed by atoms with Crippen LogP contribution in [0.3, 0.4) is 0 Å². The van der Waals surface area contributed by atoms with Crippen LogP contribution < -0.4 is 0 Å². The second-order valence-corrected chi connectivity index (χ2v) is 7.53. The lowest BCUT2D eigenvalue weighted by Crippen LogP contribution is -2.56. The van der Waals surface area contributed by atoms with Gasteiger partial charge in [0.1, 0.15) is 0 Å². The van der Waals surface area contributed by atoms with E-state index in [0.29, 0.717) is 5.41 Å². The maximum absolute atomic E-state index is 12.4. The first-order valence-corrected chi connectivity index (χ1v) is 7.67. The Morgan fingerprint density at radius 2 is 2.00 bits per heavy atom. The first kappa shape index (κ1) is 11.8. The molecular formula is C13H21NO2S. The van der Waals surface area contributed by atoms with Crippen molar-refractivity contribution in [2.45, 2.75) is 44.8 Å². The zero-order chi connectivity index (χ0) is 12.3. The van der Waals surface area contributed by atoms with Crippen LogP contribution in [0, 0.1) is 11.3 Å². The molecule has 0 radical (unpaired) electrons. The van der Waals surface area contributed by atoms with Gasteiger partial charge in [-0.25, -0.2) is 0 Å². The van der Waals surface area contributed by atoms with Crippen LogP contribution in [-0.4, -0.2) is 45.6 Å². The normalized spacial score (nSPS) is 34.5. The fraction of sp³-hybridized carbons (Fsp3) is 0.923. The molecule has 2 aliphatic heterocycles.